The molecular formula is C8H10F2N2O. The summed E-state index contributed by atoms with van der Waals surface area (Å²) in [6.45, 7) is 0.770. The fourth-order valence-corrected chi connectivity index (χ4v) is 0.946. The number of aromatic nitrogens is 1. The summed E-state index contributed by atoms with van der Waals surface area (Å²) in [5, 5.41) is 0. The van der Waals surface area contributed by atoms with E-state index in [4.69, 9.17) is 5.73 Å². The van der Waals surface area contributed by atoms with Gasteiger partial charge in [0.05, 0.1) is 24.6 Å². The van der Waals surface area contributed by atoms with Crippen molar-refractivity contribution in [2.24, 2.45) is 0 Å². The minimum atomic E-state index is -2.99. The summed E-state index contributed by atoms with van der Waals surface area (Å²) in [6, 6.07) is 1.16. The first kappa shape index (κ1) is 9.70. The molecule has 0 fully saturated rings. The third-order valence-electron chi connectivity index (χ3n) is 1.54. The van der Waals surface area contributed by atoms with E-state index in [2.05, 4.69) is 9.72 Å². The highest BCUT2D eigenvalue weighted by molar-refractivity contribution is 5.44. The lowest BCUT2D eigenvalue weighted by molar-refractivity contribution is 0.0145. The van der Waals surface area contributed by atoms with E-state index in [1.165, 1.54) is 13.3 Å². The van der Waals surface area contributed by atoms with Crippen LogP contribution in [0.1, 0.15) is 12.5 Å². The Hall–Kier alpha value is -1.39. The third-order valence-corrected chi connectivity index (χ3v) is 1.54. The molecule has 0 aliphatic rings. The number of ether oxygens (including phenoxy) is 1. The minimum Gasteiger partial charge on any atom is -0.481 e. The second-order valence-electron chi connectivity index (χ2n) is 2.71. The average molecular weight is 188 g/mol. The first-order valence-corrected chi connectivity index (χ1v) is 3.63. The van der Waals surface area contributed by atoms with Gasteiger partial charge in [0.15, 0.2) is 0 Å². The van der Waals surface area contributed by atoms with E-state index in [9.17, 15) is 8.78 Å². The molecule has 0 radical (unpaired) electrons. The van der Waals surface area contributed by atoms with Gasteiger partial charge in [-0.25, -0.2) is 13.8 Å². The first-order chi connectivity index (χ1) is 5.95. The van der Waals surface area contributed by atoms with E-state index in [-0.39, 0.29) is 17.1 Å². The highest BCUT2D eigenvalue weighted by Crippen LogP contribution is 2.33. The lowest BCUT2D eigenvalue weighted by Gasteiger charge is -2.13. The fourth-order valence-electron chi connectivity index (χ4n) is 0.946. The lowest BCUT2D eigenvalue weighted by atomic mass is 10.1. The van der Waals surface area contributed by atoms with Gasteiger partial charge < -0.3 is 10.5 Å². The van der Waals surface area contributed by atoms with Crippen LogP contribution in [0.3, 0.4) is 0 Å². The van der Waals surface area contributed by atoms with E-state index in [1.54, 1.807) is 0 Å². The van der Waals surface area contributed by atoms with Crippen LogP contribution in [-0.4, -0.2) is 12.1 Å². The zero-order valence-electron chi connectivity index (χ0n) is 7.34. The molecule has 1 heterocycles. The van der Waals surface area contributed by atoms with Gasteiger partial charge in [-0.1, -0.05) is 0 Å². The van der Waals surface area contributed by atoms with E-state index in [1.807, 2.05) is 0 Å². The molecule has 0 amide bonds. The second kappa shape index (κ2) is 3.16. The number of nitrogens with zero attached hydrogens (tertiary/aromatic N) is 1. The molecule has 0 spiro atoms. The van der Waals surface area contributed by atoms with Crippen LogP contribution < -0.4 is 10.5 Å². The Morgan fingerprint density at radius 3 is 2.62 bits per heavy atom. The molecule has 0 bridgehead atoms. The fraction of sp³-hybridized carbons (Fsp3) is 0.375. The van der Waals surface area contributed by atoms with E-state index < -0.39 is 5.92 Å². The van der Waals surface area contributed by atoms with Gasteiger partial charge in [-0.05, 0) is 6.07 Å². The summed E-state index contributed by atoms with van der Waals surface area (Å²) in [5.74, 6) is -3.09. The third kappa shape index (κ3) is 2.05. The SMILES string of the molecule is COc1ncc(N)cc1C(C)(F)F. The highest BCUT2D eigenvalue weighted by Gasteiger charge is 2.29. The van der Waals surface area contributed by atoms with Gasteiger partial charge in [0.25, 0.3) is 5.92 Å². The van der Waals surface area contributed by atoms with Crippen molar-refractivity contribution in [3.63, 3.8) is 0 Å². The smallest absolute Gasteiger partial charge is 0.275 e. The van der Waals surface area contributed by atoms with Crippen LogP contribution in [-0.2, 0) is 5.92 Å². The molecule has 3 nitrogen and oxygen atoms in total. The van der Waals surface area contributed by atoms with Gasteiger partial charge in [-0.2, -0.15) is 0 Å². The maximum Gasteiger partial charge on any atom is 0.275 e. The largest absolute Gasteiger partial charge is 0.481 e. The normalized spacial score (nSPS) is 11.4. The van der Waals surface area contributed by atoms with Crippen molar-refractivity contribution in [2.75, 3.05) is 12.8 Å². The predicted molar refractivity (Wildman–Crippen MR) is 44.8 cm³/mol. The van der Waals surface area contributed by atoms with E-state index >= 15 is 0 Å². The van der Waals surface area contributed by atoms with Crippen LogP contribution in [0, 0.1) is 0 Å². The van der Waals surface area contributed by atoms with Gasteiger partial charge in [-0.3, -0.25) is 0 Å². The molecule has 5 heteroatoms. The molecule has 0 atom stereocenters. The van der Waals surface area contributed by atoms with Crippen molar-refractivity contribution in [3.05, 3.63) is 17.8 Å². The minimum absolute atomic E-state index is 0.0956. The van der Waals surface area contributed by atoms with Crippen molar-refractivity contribution in [1.82, 2.24) is 4.98 Å². The summed E-state index contributed by atoms with van der Waals surface area (Å²) in [6.07, 6.45) is 1.27. The number of rotatable bonds is 2. The van der Waals surface area contributed by atoms with Crippen LogP contribution in [0.5, 0.6) is 5.88 Å². The van der Waals surface area contributed by atoms with Crippen LogP contribution in [0.4, 0.5) is 14.5 Å². The van der Waals surface area contributed by atoms with Crippen molar-refractivity contribution in [3.8, 4) is 5.88 Å². The zero-order chi connectivity index (χ0) is 10.1. The predicted octanol–water partition coefficient (Wildman–Crippen LogP) is 1.78. The molecular weight excluding hydrogens is 178 g/mol. The zero-order valence-corrected chi connectivity index (χ0v) is 7.34. The Balaban J connectivity index is 3.24. The van der Waals surface area contributed by atoms with Gasteiger partial charge in [0, 0.05) is 6.92 Å². The number of methoxy groups -OCH3 is 1. The van der Waals surface area contributed by atoms with E-state index in [0.29, 0.717) is 0 Å². The molecule has 1 aromatic rings. The maximum absolute atomic E-state index is 12.9. The Morgan fingerprint density at radius 1 is 1.54 bits per heavy atom. The Morgan fingerprint density at radius 2 is 2.15 bits per heavy atom. The number of hydrogen-bond donors (Lipinski definition) is 1. The molecule has 0 aromatic carbocycles. The Kier molecular flexibility index (Phi) is 2.36. The van der Waals surface area contributed by atoms with Gasteiger partial charge in [0.2, 0.25) is 5.88 Å². The lowest BCUT2D eigenvalue weighted by Crippen LogP contribution is -2.10. The van der Waals surface area contributed by atoms with Crippen molar-refractivity contribution in [1.29, 1.82) is 0 Å². The summed E-state index contributed by atoms with van der Waals surface area (Å²) in [7, 11) is 1.29. The number of halogens is 2. The average Bonchev–Trinajstić information content (AvgIpc) is 2.03. The van der Waals surface area contributed by atoms with Crippen LogP contribution in [0.2, 0.25) is 0 Å². The Bertz CT molecular complexity index is 310. The standard InChI is InChI=1S/C8H10F2N2O/c1-8(9,10)6-3-5(11)4-12-7(6)13-2/h3-4H,11H2,1-2H3. The molecule has 0 aliphatic heterocycles. The summed E-state index contributed by atoms with van der Waals surface area (Å²) >= 11 is 0. The number of hydrogen-bond acceptors (Lipinski definition) is 3. The number of pyridine rings is 1. The molecule has 0 saturated carbocycles. The number of nitrogens with two attached hydrogens (primary N) is 1. The molecule has 13 heavy (non-hydrogen) atoms. The monoisotopic (exact) mass is 188 g/mol. The Labute approximate surface area is 74.5 Å². The number of alkyl halides is 2. The molecule has 0 unspecified atom stereocenters. The topological polar surface area (TPSA) is 48.1 Å². The molecule has 1 aromatic heterocycles. The van der Waals surface area contributed by atoms with Crippen LogP contribution in [0.15, 0.2) is 12.3 Å². The van der Waals surface area contributed by atoms with Gasteiger partial charge in [0.1, 0.15) is 0 Å². The molecule has 0 saturated heterocycles. The quantitative estimate of drug-likeness (QED) is 0.769. The molecule has 2 N–H and O–H groups in total. The van der Waals surface area contributed by atoms with Crippen LogP contribution >= 0.6 is 0 Å². The van der Waals surface area contributed by atoms with Crippen molar-refractivity contribution < 1.29 is 13.5 Å². The summed E-state index contributed by atoms with van der Waals surface area (Å²) in [5.41, 5.74) is 5.22. The highest BCUT2D eigenvalue weighted by atomic mass is 19.3. The molecule has 1 rings (SSSR count). The van der Waals surface area contributed by atoms with E-state index in [0.717, 1.165) is 13.0 Å². The summed E-state index contributed by atoms with van der Waals surface area (Å²) < 4.78 is 30.5. The number of anilines is 1. The number of nitrogen functional groups attached to an aromatic ring is 1. The molecule has 0 aliphatic carbocycles. The van der Waals surface area contributed by atoms with Crippen LogP contribution in [0.25, 0.3) is 0 Å². The van der Waals surface area contributed by atoms with Crippen molar-refractivity contribution in [2.45, 2.75) is 12.8 Å². The second-order valence-corrected chi connectivity index (χ2v) is 2.71. The first-order valence-electron chi connectivity index (χ1n) is 3.63. The van der Waals surface area contributed by atoms with Gasteiger partial charge in [-0.15, -0.1) is 0 Å². The van der Waals surface area contributed by atoms with Crippen molar-refractivity contribution >= 4 is 5.69 Å². The van der Waals surface area contributed by atoms with Gasteiger partial charge >= 0.3 is 0 Å². The maximum atomic E-state index is 12.9. The molecule has 72 valence electrons. The summed E-state index contributed by atoms with van der Waals surface area (Å²) in [4.78, 5) is 3.64.